The molecule has 3 heterocycles. The Balaban J connectivity index is 1.39. The maximum Gasteiger partial charge on any atom is 0.220 e. The first-order valence-electron chi connectivity index (χ1n) is 13.0. The monoisotopic (exact) mass is 523 g/mol. The molecule has 1 aliphatic heterocycles. The number of allylic oxidation sites excluding steroid dienone is 1. The molecule has 2 aromatic carbocycles. The van der Waals surface area contributed by atoms with E-state index in [0.717, 1.165) is 65.8 Å². The Kier molecular flexibility index (Phi) is 7.74. The van der Waals surface area contributed by atoms with Gasteiger partial charge in [-0.2, -0.15) is 4.98 Å². The van der Waals surface area contributed by atoms with Crippen molar-refractivity contribution in [2.24, 2.45) is 0 Å². The van der Waals surface area contributed by atoms with Crippen molar-refractivity contribution in [1.29, 1.82) is 0 Å². The van der Waals surface area contributed by atoms with Crippen molar-refractivity contribution in [2.45, 2.75) is 26.5 Å². The quantitative estimate of drug-likeness (QED) is 0.231. The summed E-state index contributed by atoms with van der Waals surface area (Å²) in [4.78, 5) is 11.6. The van der Waals surface area contributed by atoms with Crippen LogP contribution in [0.15, 0.2) is 85.5 Å². The molecule has 0 aliphatic carbocycles. The molecular formula is C31H35N6O2+. The number of benzene rings is 2. The van der Waals surface area contributed by atoms with E-state index in [9.17, 15) is 0 Å². The topological polar surface area (TPSA) is 67.5 Å². The highest BCUT2D eigenvalue weighted by Crippen LogP contribution is 2.33. The van der Waals surface area contributed by atoms with E-state index >= 15 is 0 Å². The summed E-state index contributed by atoms with van der Waals surface area (Å²) in [6.45, 7) is 15.1. The summed E-state index contributed by atoms with van der Waals surface area (Å²) < 4.78 is 16.1. The summed E-state index contributed by atoms with van der Waals surface area (Å²) >= 11 is 0. The van der Waals surface area contributed by atoms with Crippen LogP contribution in [-0.2, 0) is 6.54 Å². The fourth-order valence-electron chi connectivity index (χ4n) is 4.61. The molecule has 0 radical (unpaired) electrons. The first kappa shape index (κ1) is 26.2. The van der Waals surface area contributed by atoms with E-state index in [-0.39, 0.29) is 6.10 Å². The standard InChI is InChI=1S/C31H35N6O2/c1-22(2)35(4)15-16-36-19-25-11-14-30(34-31(25)39-29(20-36)24-9-7-6-8-10-24)33-26-12-13-27(28(17-26)38-5)37-18-23(3)32-21-37/h6-14,17-18,21,29H,1,4,15-16,19-20H2,2-3,5H3,(H,33,34)/q+1. The van der Waals surface area contributed by atoms with Crippen molar-refractivity contribution in [3.05, 3.63) is 102 Å². The lowest BCUT2D eigenvalue weighted by atomic mass is 10.1. The predicted octanol–water partition coefficient (Wildman–Crippen LogP) is 5.51. The van der Waals surface area contributed by atoms with E-state index in [1.165, 1.54) is 0 Å². The molecule has 1 aliphatic rings. The van der Waals surface area contributed by atoms with Gasteiger partial charge in [0.25, 0.3) is 0 Å². The molecule has 200 valence electrons. The third kappa shape index (κ3) is 6.18. The Labute approximate surface area is 229 Å². The van der Waals surface area contributed by atoms with Crippen LogP contribution in [0.5, 0.6) is 11.6 Å². The average molecular weight is 524 g/mol. The minimum Gasteiger partial charge on any atom is -0.494 e. The van der Waals surface area contributed by atoms with Crippen molar-refractivity contribution in [3.8, 4) is 17.3 Å². The van der Waals surface area contributed by atoms with Crippen LogP contribution in [0.4, 0.5) is 11.5 Å². The van der Waals surface area contributed by atoms with Gasteiger partial charge in [-0.25, -0.2) is 9.56 Å². The van der Waals surface area contributed by atoms with Gasteiger partial charge in [0.2, 0.25) is 5.88 Å². The minimum atomic E-state index is -0.142. The molecular weight excluding hydrogens is 488 g/mol. The fourth-order valence-corrected chi connectivity index (χ4v) is 4.61. The number of nitrogens with zero attached hydrogens (tertiary/aromatic N) is 5. The van der Waals surface area contributed by atoms with Crippen LogP contribution in [0.2, 0.25) is 0 Å². The van der Waals surface area contributed by atoms with Crippen molar-refractivity contribution in [2.75, 3.05) is 32.1 Å². The van der Waals surface area contributed by atoms with Gasteiger partial charge in [0.05, 0.1) is 31.4 Å². The number of anilines is 2. The van der Waals surface area contributed by atoms with Gasteiger partial charge in [0, 0.05) is 43.5 Å². The van der Waals surface area contributed by atoms with Crippen LogP contribution in [0, 0.1) is 6.92 Å². The second-order valence-electron chi connectivity index (χ2n) is 9.85. The Morgan fingerprint density at radius 1 is 1.18 bits per heavy atom. The number of rotatable bonds is 9. The van der Waals surface area contributed by atoms with Crippen LogP contribution >= 0.6 is 0 Å². The van der Waals surface area contributed by atoms with Crippen molar-refractivity contribution in [1.82, 2.24) is 19.4 Å². The first-order chi connectivity index (χ1) is 18.9. The third-order valence-corrected chi connectivity index (χ3v) is 6.85. The zero-order chi connectivity index (χ0) is 27.4. The van der Waals surface area contributed by atoms with E-state index < -0.39 is 0 Å². The van der Waals surface area contributed by atoms with E-state index in [1.807, 2.05) is 71.7 Å². The van der Waals surface area contributed by atoms with Crippen LogP contribution in [0.25, 0.3) is 5.69 Å². The molecule has 1 unspecified atom stereocenters. The summed E-state index contributed by atoms with van der Waals surface area (Å²) in [5.74, 6) is 2.08. The summed E-state index contributed by atoms with van der Waals surface area (Å²) in [6.07, 6.45) is 3.61. The number of pyridine rings is 1. The van der Waals surface area contributed by atoms with Gasteiger partial charge >= 0.3 is 0 Å². The maximum absolute atomic E-state index is 6.56. The van der Waals surface area contributed by atoms with Gasteiger partial charge in [-0.1, -0.05) is 30.3 Å². The van der Waals surface area contributed by atoms with Crippen LogP contribution in [-0.4, -0.2) is 57.5 Å². The lowest BCUT2D eigenvalue weighted by molar-refractivity contribution is -0.467. The molecule has 39 heavy (non-hydrogen) atoms. The van der Waals surface area contributed by atoms with Gasteiger partial charge in [-0.15, -0.1) is 0 Å². The zero-order valence-corrected chi connectivity index (χ0v) is 22.8. The molecule has 0 saturated heterocycles. The molecule has 1 atom stereocenters. The molecule has 8 heteroatoms. The molecule has 0 saturated carbocycles. The van der Waals surface area contributed by atoms with Gasteiger partial charge < -0.3 is 19.4 Å². The number of ether oxygens (including phenoxy) is 2. The molecule has 5 rings (SSSR count). The van der Waals surface area contributed by atoms with Gasteiger partial charge in [0.15, 0.2) is 12.2 Å². The second kappa shape index (κ2) is 11.5. The highest BCUT2D eigenvalue weighted by molar-refractivity contribution is 5.63. The maximum atomic E-state index is 6.56. The van der Waals surface area contributed by atoms with E-state index in [0.29, 0.717) is 11.7 Å². The number of aromatic nitrogens is 3. The van der Waals surface area contributed by atoms with Crippen molar-refractivity contribution in [3.63, 3.8) is 0 Å². The van der Waals surface area contributed by atoms with Crippen LogP contribution in [0.3, 0.4) is 0 Å². The van der Waals surface area contributed by atoms with Gasteiger partial charge in [-0.05, 0) is 43.3 Å². The molecule has 2 aromatic heterocycles. The smallest absolute Gasteiger partial charge is 0.220 e. The van der Waals surface area contributed by atoms with Gasteiger partial charge in [0.1, 0.15) is 24.4 Å². The highest BCUT2D eigenvalue weighted by Gasteiger charge is 2.26. The van der Waals surface area contributed by atoms with E-state index in [2.05, 4.69) is 46.7 Å². The number of methoxy groups -OCH3 is 1. The molecule has 0 amide bonds. The molecule has 0 fully saturated rings. The number of hydrogen-bond acceptors (Lipinski definition) is 6. The minimum absolute atomic E-state index is 0.142. The summed E-state index contributed by atoms with van der Waals surface area (Å²) in [5.41, 5.74) is 5.85. The highest BCUT2D eigenvalue weighted by atomic mass is 16.5. The molecule has 4 aromatic rings. The zero-order valence-electron chi connectivity index (χ0n) is 22.8. The third-order valence-electron chi connectivity index (χ3n) is 6.85. The van der Waals surface area contributed by atoms with Crippen LogP contribution in [0.1, 0.15) is 29.8 Å². The molecule has 0 bridgehead atoms. The number of fused-ring (bicyclic) bond motifs is 1. The summed E-state index contributed by atoms with van der Waals surface area (Å²) in [7, 11) is 1.67. The Morgan fingerprint density at radius 2 is 2.00 bits per heavy atom. The number of imidazole rings is 1. The fraction of sp³-hybridized carbons (Fsp3) is 0.258. The number of aryl methyl sites for hydroxylation is 1. The average Bonchev–Trinajstić information content (AvgIpc) is 3.29. The number of nitrogens with one attached hydrogen (secondary N) is 1. The Hall–Kier alpha value is -4.43. The van der Waals surface area contributed by atoms with Crippen LogP contribution < -0.4 is 14.8 Å². The van der Waals surface area contributed by atoms with E-state index in [1.54, 1.807) is 13.4 Å². The number of hydrogen-bond donors (Lipinski definition) is 1. The molecule has 8 nitrogen and oxygen atoms in total. The summed E-state index contributed by atoms with van der Waals surface area (Å²) in [5, 5.41) is 3.42. The SMILES string of the molecule is C=C(C)[N+](=C)CCN1Cc2ccc(Nc3ccc(-n4cnc(C)c4)c(OC)c3)nc2OC(c2ccccc2)C1. The lowest BCUT2D eigenvalue weighted by Crippen LogP contribution is -2.33. The summed E-state index contributed by atoms with van der Waals surface area (Å²) in [6, 6.07) is 20.4. The lowest BCUT2D eigenvalue weighted by Gasteiger charge is -2.23. The van der Waals surface area contributed by atoms with E-state index in [4.69, 9.17) is 14.5 Å². The van der Waals surface area contributed by atoms with Crippen molar-refractivity contribution >= 4 is 18.2 Å². The normalized spacial score (nSPS) is 15.1. The largest absolute Gasteiger partial charge is 0.494 e. The predicted molar refractivity (Wildman–Crippen MR) is 155 cm³/mol. The van der Waals surface area contributed by atoms with Gasteiger partial charge in [-0.3, -0.25) is 4.90 Å². The molecule has 1 N–H and O–H groups in total. The van der Waals surface area contributed by atoms with Crippen molar-refractivity contribution < 1.29 is 14.0 Å². The first-order valence-corrected chi connectivity index (χ1v) is 13.0. The molecule has 0 spiro atoms. The Morgan fingerprint density at radius 3 is 2.72 bits per heavy atom. The Bertz CT molecular complexity index is 1480. The second-order valence-corrected chi connectivity index (χ2v) is 9.85.